The van der Waals surface area contributed by atoms with E-state index in [0.29, 0.717) is 12.3 Å². The average Bonchev–Trinajstić information content (AvgIpc) is 3.31. The Balaban J connectivity index is 1.73. The lowest BCUT2D eigenvalue weighted by molar-refractivity contribution is -0.120. The van der Waals surface area contributed by atoms with E-state index in [9.17, 15) is 4.79 Å². The van der Waals surface area contributed by atoms with Gasteiger partial charge in [-0.05, 0) is 37.7 Å². The van der Waals surface area contributed by atoms with Crippen molar-refractivity contribution in [3.8, 4) is 6.07 Å². The van der Waals surface area contributed by atoms with Gasteiger partial charge in [0, 0.05) is 30.6 Å². The fourth-order valence-corrected chi connectivity index (χ4v) is 4.30. The normalized spacial score (nSPS) is 19.7. The van der Waals surface area contributed by atoms with Crippen LogP contribution in [0.25, 0.3) is 22.1 Å². The number of hydrogen-bond donors (Lipinski definition) is 3. The number of carbonyl (C=O) groups excluding carboxylic acids is 1. The molecule has 1 fully saturated rings. The van der Waals surface area contributed by atoms with E-state index < -0.39 is 0 Å². The Morgan fingerprint density at radius 2 is 2.21 bits per heavy atom. The molecule has 3 N–H and O–H groups in total. The van der Waals surface area contributed by atoms with Crippen molar-refractivity contribution in [1.82, 2.24) is 24.8 Å². The maximum absolute atomic E-state index is 12.3. The van der Waals surface area contributed by atoms with Gasteiger partial charge in [0.1, 0.15) is 17.0 Å². The molecule has 0 saturated heterocycles. The number of nitrogens with one attached hydrogen (secondary N) is 2. The summed E-state index contributed by atoms with van der Waals surface area (Å²) < 4.78 is 2.22. The Morgan fingerprint density at radius 1 is 1.39 bits per heavy atom. The van der Waals surface area contributed by atoms with Crippen molar-refractivity contribution < 1.29 is 9.90 Å². The van der Waals surface area contributed by atoms with Gasteiger partial charge in [0.15, 0.2) is 0 Å². The summed E-state index contributed by atoms with van der Waals surface area (Å²) in [7, 11) is 0. The predicted molar refractivity (Wildman–Crippen MR) is 104 cm³/mol. The fourth-order valence-electron chi connectivity index (χ4n) is 4.30. The van der Waals surface area contributed by atoms with Gasteiger partial charge < -0.3 is 20.0 Å². The molecule has 0 spiro atoms. The zero-order chi connectivity index (χ0) is 19.5. The molecule has 8 heteroatoms. The molecule has 1 aliphatic rings. The largest absolute Gasteiger partial charge is 0.395 e. The monoisotopic (exact) mass is 380 g/mol. The summed E-state index contributed by atoms with van der Waals surface area (Å²) in [6.07, 6.45) is 8.35. The molecule has 0 unspecified atom stereocenters. The topological polar surface area (TPSA) is 120 Å². The lowest BCUT2D eigenvalue weighted by Crippen LogP contribution is -2.29. The van der Waals surface area contributed by atoms with Gasteiger partial charge in [-0.3, -0.25) is 4.79 Å². The summed E-state index contributed by atoms with van der Waals surface area (Å²) in [5.74, 6) is 1.04. The molecule has 1 saturated carbocycles. The van der Waals surface area contributed by atoms with Crippen LogP contribution in [0.1, 0.15) is 44.0 Å². The number of carbonyl (C=O) groups is 1. The second-order valence-corrected chi connectivity index (χ2v) is 7.42. The van der Waals surface area contributed by atoms with Crippen LogP contribution >= 0.6 is 0 Å². The molecule has 8 nitrogen and oxygen atoms in total. The van der Waals surface area contributed by atoms with Crippen molar-refractivity contribution in [2.75, 3.05) is 13.2 Å². The van der Waals surface area contributed by atoms with Crippen molar-refractivity contribution in [1.29, 1.82) is 5.26 Å². The summed E-state index contributed by atoms with van der Waals surface area (Å²) in [6, 6.07) is 4.54. The number of nitriles is 1. The van der Waals surface area contributed by atoms with Gasteiger partial charge in [-0.2, -0.15) is 5.26 Å². The summed E-state index contributed by atoms with van der Waals surface area (Å²) in [6.45, 7) is 0.154. The number of hydrogen-bond acceptors (Lipinski definition) is 5. The molecule has 0 bridgehead atoms. The first kappa shape index (κ1) is 18.4. The van der Waals surface area contributed by atoms with Gasteiger partial charge in [-0.25, -0.2) is 9.97 Å². The van der Waals surface area contributed by atoms with Crippen LogP contribution in [0.4, 0.5) is 0 Å². The van der Waals surface area contributed by atoms with Gasteiger partial charge >= 0.3 is 0 Å². The lowest BCUT2D eigenvalue weighted by atomic mass is 9.84. The summed E-state index contributed by atoms with van der Waals surface area (Å²) in [5.41, 5.74) is 2.61. The number of aliphatic hydroxyl groups is 1. The second-order valence-electron chi connectivity index (χ2n) is 7.42. The molecule has 0 aromatic carbocycles. The van der Waals surface area contributed by atoms with E-state index in [1.165, 1.54) is 0 Å². The maximum atomic E-state index is 12.3. The molecule has 28 heavy (non-hydrogen) atoms. The number of aliphatic hydroxyl groups excluding tert-OH is 1. The number of amides is 1. The van der Waals surface area contributed by atoms with Crippen LogP contribution in [0, 0.1) is 17.2 Å². The minimum Gasteiger partial charge on any atom is -0.395 e. The van der Waals surface area contributed by atoms with E-state index in [1.54, 1.807) is 6.20 Å². The Morgan fingerprint density at radius 3 is 2.96 bits per heavy atom. The highest BCUT2D eigenvalue weighted by atomic mass is 16.3. The van der Waals surface area contributed by atoms with E-state index in [1.807, 2.05) is 12.3 Å². The minimum absolute atomic E-state index is 0.0844. The number of H-pyrrole nitrogens is 1. The Bertz CT molecular complexity index is 1020. The van der Waals surface area contributed by atoms with Crippen molar-refractivity contribution in [2.24, 2.45) is 5.92 Å². The molecule has 3 aromatic heterocycles. The third-order valence-corrected chi connectivity index (χ3v) is 5.62. The molecule has 0 aliphatic heterocycles. The lowest BCUT2D eigenvalue weighted by Gasteiger charge is -2.30. The second kappa shape index (κ2) is 7.98. The van der Waals surface area contributed by atoms with Crippen molar-refractivity contribution in [3.05, 3.63) is 24.3 Å². The number of rotatable bonds is 6. The van der Waals surface area contributed by atoms with Gasteiger partial charge in [-0.1, -0.05) is 0 Å². The summed E-state index contributed by atoms with van der Waals surface area (Å²) in [4.78, 5) is 24.6. The van der Waals surface area contributed by atoms with Crippen molar-refractivity contribution >= 4 is 28.0 Å². The number of nitrogens with zero attached hydrogens (tertiary/aromatic N) is 4. The molecular weight excluding hydrogens is 356 g/mol. The van der Waals surface area contributed by atoms with Crippen LogP contribution in [0.15, 0.2) is 18.5 Å². The highest BCUT2D eigenvalue weighted by Crippen LogP contribution is 2.37. The van der Waals surface area contributed by atoms with Crippen LogP contribution in [0.5, 0.6) is 0 Å². The first-order valence-electron chi connectivity index (χ1n) is 9.78. The molecule has 1 amide bonds. The highest BCUT2D eigenvalue weighted by molar-refractivity contribution is 6.01. The van der Waals surface area contributed by atoms with Gasteiger partial charge in [0.25, 0.3) is 0 Å². The zero-order valence-electron chi connectivity index (χ0n) is 15.7. The molecule has 3 heterocycles. The Labute approximate surface area is 162 Å². The number of aromatic amines is 1. The van der Waals surface area contributed by atoms with Crippen LogP contribution in [0.2, 0.25) is 0 Å². The number of imidazole rings is 1. The van der Waals surface area contributed by atoms with E-state index in [4.69, 9.17) is 15.4 Å². The number of aromatic nitrogens is 4. The molecule has 4 rings (SSSR count). The number of pyridine rings is 1. The smallest absolute Gasteiger partial charge is 0.227 e. The van der Waals surface area contributed by atoms with Crippen LogP contribution in [-0.4, -0.2) is 43.7 Å². The molecule has 1 aliphatic carbocycles. The Kier molecular flexibility index (Phi) is 5.26. The van der Waals surface area contributed by atoms with Crippen molar-refractivity contribution in [2.45, 2.75) is 44.6 Å². The maximum Gasteiger partial charge on any atom is 0.227 e. The molecule has 0 radical (unpaired) electrons. The van der Waals surface area contributed by atoms with E-state index >= 15 is 0 Å². The predicted octanol–water partition coefficient (Wildman–Crippen LogP) is 2.21. The molecular formula is C20H24N6O2. The van der Waals surface area contributed by atoms with Gasteiger partial charge in [0.2, 0.25) is 5.91 Å². The quantitative estimate of drug-likeness (QED) is 0.606. The third kappa shape index (κ3) is 3.45. The first-order valence-corrected chi connectivity index (χ1v) is 9.78. The first-order chi connectivity index (χ1) is 13.7. The molecule has 3 aromatic rings. The fraction of sp³-hybridized carbons (Fsp3) is 0.500. The molecule has 146 valence electrons. The van der Waals surface area contributed by atoms with E-state index in [2.05, 4.69) is 25.9 Å². The van der Waals surface area contributed by atoms with Gasteiger partial charge in [0.05, 0.1) is 30.8 Å². The Hall–Kier alpha value is -2.92. The SMILES string of the molecule is N#CCC1CCC(n2c(CC(=O)NCCO)nc3cnc4[nH]ccc4c32)CC1. The van der Waals surface area contributed by atoms with Crippen molar-refractivity contribution in [3.63, 3.8) is 0 Å². The van der Waals surface area contributed by atoms with Crippen LogP contribution in [0.3, 0.4) is 0 Å². The van der Waals surface area contributed by atoms with E-state index in [0.717, 1.165) is 53.6 Å². The summed E-state index contributed by atoms with van der Waals surface area (Å²) in [5, 5.41) is 21.6. The summed E-state index contributed by atoms with van der Waals surface area (Å²) >= 11 is 0. The van der Waals surface area contributed by atoms with E-state index in [-0.39, 0.29) is 31.5 Å². The van der Waals surface area contributed by atoms with Crippen LogP contribution in [-0.2, 0) is 11.2 Å². The highest BCUT2D eigenvalue weighted by Gasteiger charge is 2.27. The minimum atomic E-state index is -0.151. The zero-order valence-corrected chi connectivity index (χ0v) is 15.7. The average molecular weight is 380 g/mol. The molecule has 0 atom stereocenters. The standard InChI is InChI=1S/C20H24N6O2/c21-7-5-13-1-3-14(4-2-13)26-17(11-18(28)22-9-10-27)25-16-12-24-20-15(19(16)26)6-8-23-20/h6,8,12-14,27H,1-5,9-11H2,(H,22,28)(H,23,24). The third-order valence-electron chi connectivity index (χ3n) is 5.62. The number of fused-ring (bicyclic) bond motifs is 3. The van der Waals surface area contributed by atoms with Crippen LogP contribution < -0.4 is 5.32 Å². The van der Waals surface area contributed by atoms with Gasteiger partial charge in [-0.15, -0.1) is 0 Å².